The minimum atomic E-state index is -0.530. The molecule has 0 saturated heterocycles. The summed E-state index contributed by atoms with van der Waals surface area (Å²) in [5.74, 6) is 0.125. The van der Waals surface area contributed by atoms with Gasteiger partial charge in [-0.3, -0.25) is 9.59 Å². The average molecular weight is 559 g/mol. The van der Waals surface area contributed by atoms with Crippen LogP contribution in [0, 0.1) is 6.92 Å². The molecule has 0 atom stereocenters. The van der Waals surface area contributed by atoms with Crippen LogP contribution in [-0.4, -0.2) is 24.6 Å². The zero-order chi connectivity index (χ0) is 25.2. The lowest BCUT2D eigenvalue weighted by molar-refractivity contribution is -0.126. The Labute approximate surface area is 217 Å². The number of hydrogen-bond acceptors (Lipinski definition) is 5. The topological polar surface area (TPSA) is 89.0 Å². The molecule has 0 heterocycles. The normalized spacial score (nSPS) is 10.7. The van der Waals surface area contributed by atoms with Gasteiger partial charge in [-0.05, 0) is 77.3 Å². The van der Waals surface area contributed by atoms with Crippen LogP contribution in [0.1, 0.15) is 30.0 Å². The molecular weight excluding hydrogens is 534 g/mol. The van der Waals surface area contributed by atoms with Crippen molar-refractivity contribution in [2.75, 3.05) is 11.9 Å². The summed E-state index contributed by atoms with van der Waals surface area (Å²) in [6.45, 7) is 4.61. The molecule has 0 spiro atoms. The van der Waals surface area contributed by atoms with Gasteiger partial charge >= 0.3 is 0 Å². The van der Waals surface area contributed by atoms with Crippen molar-refractivity contribution in [2.45, 2.75) is 26.9 Å². The molecule has 182 valence electrons. The molecule has 3 aromatic rings. The van der Waals surface area contributed by atoms with Crippen LogP contribution in [0.5, 0.6) is 11.5 Å². The van der Waals surface area contributed by atoms with Crippen LogP contribution in [-0.2, 0) is 16.2 Å². The number of rotatable bonds is 10. The summed E-state index contributed by atoms with van der Waals surface area (Å²) in [7, 11) is 0. The molecule has 7 nitrogen and oxygen atoms in total. The maximum absolute atomic E-state index is 12.1. The van der Waals surface area contributed by atoms with Gasteiger partial charge in [0.05, 0.1) is 17.3 Å². The second-order valence-corrected chi connectivity index (χ2v) is 8.85. The number of nitrogens with one attached hydrogen (secondary N) is 2. The number of halogens is 2. The highest BCUT2D eigenvalue weighted by molar-refractivity contribution is 9.10. The summed E-state index contributed by atoms with van der Waals surface area (Å²) in [4.78, 5) is 24.1. The number of amides is 2. The van der Waals surface area contributed by atoms with E-state index in [1.54, 1.807) is 36.4 Å². The number of carbonyl (C=O) groups excluding carboxylic acids is 2. The molecule has 0 unspecified atom stereocenters. The van der Waals surface area contributed by atoms with E-state index in [-0.39, 0.29) is 6.42 Å². The Morgan fingerprint density at radius 3 is 2.43 bits per heavy atom. The van der Waals surface area contributed by atoms with Gasteiger partial charge in [-0.25, -0.2) is 5.43 Å². The molecule has 0 radical (unpaired) electrons. The Hall–Kier alpha value is -3.36. The van der Waals surface area contributed by atoms with Gasteiger partial charge < -0.3 is 14.8 Å². The maximum Gasteiger partial charge on any atom is 0.249 e. The Kier molecular flexibility index (Phi) is 9.69. The van der Waals surface area contributed by atoms with Crippen LogP contribution in [0.2, 0.25) is 5.02 Å². The van der Waals surface area contributed by atoms with Gasteiger partial charge in [0.2, 0.25) is 11.8 Å². The number of aryl methyl sites for hydroxylation is 1. The fraction of sp³-hybridized carbons (Fsp3) is 0.192. The minimum Gasteiger partial charge on any atom is -0.490 e. The lowest BCUT2D eigenvalue weighted by Crippen LogP contribution is -2.24. The highest BCUT2D eigenvalue weighted by atomic mass is 79.9. The summed E-state index contributed by atoms with van der Waals surface area (Å²) < 4.78 is 12.4. The number of benzene rings is 3. The van der Waals surface area contributed by atoms with E-state index in [0.717, 1.165) is 11.1 Å². The highest BCUT2D eigenvalue weighted by Crippen LogP contribution is 2.37. The maximum atomic E-state index is 12.1. The molecule has 0 aliphatic heterocycles. The summed E-state index contributed by atoms with van der Waals surface area (Å²) >= 11 is 9.45. The van der Waals surface area contributed by atoms with Gasteiger partial charge in [0.1, 0.15) is 13.0 Å². The van der Waals surface area contributed by atoms with E-state index in [9.17, 15) is 9.59 Å². The summed E-state index contributed by atoms with van der Waals surface area (Å²) in [6, 6.07) is 18.2. The zero-order valence-corrected chi connectivity index (χ0v) is 21.7. The molecule has 35 heavy (non-hydrogen) atoms. The van der Waals surface area contributed by atoms with Gasteiger partial charge in [-0.2, -0.15) is 5.10 Å². The lowest BCUT2D eigenvalue weighted by atomic mass is 10.2. The molecular formula is C26H25BrClN3O4. The van der Waals surface area contributed by atoms with Crippen molar-refractivity contribution in [3.8, 4) is 11.5 Å². The first-order chi connectivity index (χ1) is 16.8. The first kappa shape index (κ1) is 26.2. The third-order valence-electron chi connectivity index (χ3n) is 4.69. The molecule has 2 amide bonds. The molecule has 2 N–H and O–H groups in total. The number of carbonyl (C=O) groups is 2. The predicted molar refractivity (Wildman–Crippen MR) is 141 cm³/mol. The smallest absolute Gasteiger partial charge is 0.249 e. The van der Waals surface area contributed by atoms with Gasteiger partial charge in [0.25, 0.3) is 0 Å². The van der Waals surface area contributed by atoms with Crippen LogP contribution >= 0.6 is 27.5 Å². The second kappa shape index (κ2) is 12.9. The van der Waals surface area contributed by atoms with E-state index in [1.165, 1.54) is 6.21 Å². The third kappa shape index (κ3) is 8.42. The van der Waals surface area contributed by atoms with E-state index in [0.29, 0.717) is 45.5 Å². The molecule has 0 aliphatic rings. The molecule has 0 aromatic heterocycles. The van der Waals surface area contributed by atoms with Crippen LogP contribution in [0.15, 0.2) is 70.2 Å². The van der Waals surface area contributed by atoms with Crippen molar-refractivity contribution in [3.63, 3.8) is 0 Å². The molecule has 0 fully saturated rings. The number of hydrazone groups is 1. The Balaban J connectivity index is 1.58. The van der Waals surface area contributed by atoms with Crippen LogP contribution in [0.4, 0.5) is 5.69 Å². The molecule has 0 aliphatic carbocycles. The second-order valence-electron chi connectivity index (χ2n) is 7.56. The Bertz CT molecular complexity index is 1200. The third-order valence-corrected chi connectivity index (χ3v) is 5.53. The van der Waals surface area contributed by atoms with Gasteiger partial charge in [0, 0.05) is 10.7 Å². The summed E-state index contributed by atoms with van der Waals surface area (Å²) in [6.07, 6.45) is 1.11. The lowest BCUT2D eigenvalue weighted by Gasteiger charge is -2.14. The molecule has 0 saturated carbocycles. The van der Waals surface area contributed by atoms with Gasteiger partial charge in [-0.1, -0.05) is 41.4 Å². The van der Waals surface area contributed by atoms with E-state index in [1.807, 2.05) is 38.1 Å². The summed E-state index contributed by atoms with van der Waals surface area (Å²) in [5.41, 5.74) is 5.70. The van der Waals surface area contributed by atoms with Crippen LogP contribution < -0.4 is 20.2 Å². The monoisotopic (exact) mass is 557 g/mol. The fourth-order valence-electron chi connectivity index (χ4n) is 3.01. The van der Waals surface area contributed by atoms with E-state index < -0.39 is 11.8 Å². The van der Waals surface area contributed by atoms with Crippen molar-refractivity contribution in [1.29, 1.82) is 0 Å². The molecule has 3 aromatic carbocycles. The first-order valence-electron chi connectivity index (χ1n) is 10.9. The van der Waals surface area contributed by atoms with Crippen molar-refractivity contribution in [1.82, 2.24) is 5.43 Å². The number of nitrogens with zero attached hydrogens (tertiary/aromatic N) is 1. The van der Waals surface area contributed by atoms with E-state index >= 15 is 0 Å². The van der Waals surface area contributed by atoms with Crippen molar-refractivity contribution in [3.05, 3.63) is 86.8 Å². The standard InChI is InChI=1S/C26H25BrClN3O4/c1-3-34-23-13-19(12-22(27)26(23)35-16-18-6-8-20(28)9-7-18)15-29-31-25(33)14-24(32)30-21-10-4-17(2)5-11-21/h4-13,15H,3,14,16H2,1-2H3,(H,30,32)(H,31,33). The molecule has 3 rings (SSSR count). The van der Waals surface area contributed by atoms with Crippen molar-refractivity contribution >= 4 is 51.2 Å². The Morgan fingerprint density at radius 1 is 1.03 bits per heavy atom. The SMILES string of the molecule is CCOc1cc(C=NNC(=O)CC(=O)Nc2ccc(C)cc2)cc(Br)c1OCc1ccc(Cl)cc1. The van der Waals surface area contributed by atoms with Gasteiger partial charge in [0.15, 0.2) is 11.5 Å². The van der Waals surface area contributed by atoms with Gasteiger partial charge in [-0.15, -0.1) is 0 Å². The molecule has 9 heteroatoms. The predicted octanol–water partition coefficient (Wildman–Crippen LogP) is 5.87. The average Bonchev–Trinajstić information content (AvgIpc) is 2.81. The largest absolute Gasteiger partial charge is 0.490 e. The molecule has 0 bridgehead atoms. The first-order valence-corrected chi connectivity index (χ1v) is 12.0. The van der Waals surface area contributed by atoms with Crippen LogP contribution in [0.3, 0.4) is 0 Å². The summed E-state index contributed by atoms with van der Waals surface area (Å²) in [5, 5.41) is 7.29. The number of hydrogen-bond donors (Lipinski definition) is 2. The Morgan fingerprint density at radius 2 is 1.74 bits per heavy atom. The number of anilines is 1. The highest BCUT2D eigenvalue weighted by Gasteiger charge is 2.13. The quantitative estimate of drug-likeness (QED) is 0.185. The van der Waals surface area contributed by atoms with E-state index in [4.69, 9.17) is 21.1 Å². The van der Waals surface area contributed by atoms with E-state index in [2.05, 4.69) is 31.8 Å². The number of ether oxygens (including phenoxy) is 2. The fourth-order valence-corrected chi connectivity index (χ4v) is 3.71. The van der Waals surface area contributed by atoms with Crippen molar-refractivity contribution < 1.29 is 19.1 Å². The minimum absolute atomic E-state index is 0.337. The van der Waals surface area contributed by atoms with Crippen molar-refractivity contribution in [2.24, 2.45) is 5.10 Å². The zero-order valence-electron chi connectivity index (χ0n) is 19.3. The van der Waals surface area contributed by atoms with Crippen LogP contribution in [0.25, 0.3) is 0 Å².